The molecule has 0 unspecified atom stereocenters. The van der Waals surface area contributed by atoms with Crippen LogP contribution < -0.4 is 0 Å². The number of fused-ring (bicyclic) bond motifs is 1. The van der Waals surface area contributed by atoms with Gasteiger partial charge in [0.25, 0.3) is 5.91 Å². The first kappa shape index (κ1) is 19.2. The van der Waals surface area contributed by atoms with Gasteiger partial charge in [-0.15, -0.1) is 0 Å². The number of nitrogens with one attached hydrogen (secondary N) is 1. The maximum Gasteiger partial charge on any atom is 0.291 e. The monoisotopic (exact) mass is 394 g/mol. The minimum atomic E-state index is -0.142. The fraction of sp³-hybridized carbons (Fsp3) is 0.409. The highest BCUT2D eigenvalue weighted by molar-refractivity contribution is 5.92. The van der Waals surface area contributed by atoms with Gasteiger partial charge in [0.15, 0.2) is 5.89 Å². The number of carbonyl (C=O) groups is 2. The first-order valence-corrected chi connectivity index (χ1v) is 10.1. The van der Waals surface area contributed by atoms with Crippen LogP contribution in [0.15, 0.2) is 34.9 Å². The lowest BCUT2D eigenvalue weighted by atomic mass is 10.1. The van der Waals surface area contributed by atoms with Gasteiger partial charge in [0.05, 0.1) is 5.69 Å². The van der Waals surface area contributed by atoms with Crippen LogP contribution in [0.2, 0.25) is 0 Å². The number of hydrogen-bond donors (Lipinski definition) is 1. The summed E-state index contributed by atoms with van der Waals surface area (Å²) in [5, 5.41) is 1.17. The van der Waals surface area contributed by atoms with Gasteiger partial charge in [-0.2, -0.15) is 0 Å². The highest BCUT2D eigenvalue weighted by Gasteiger charge is 2.26. The molecule has 1 aliphatic rings. The van der Waals surface area contributed by atoms with Crippen molar-refractivity contribution in [2.24, 2.45) is 0 Å². The summed E-state index contributed by atoms with van der Waals surface area (Å²) in [6.45, 7) is 5.86. The Morgan fingerprint density at radius 1 is 1.10 bits per heavy atom. The zero-order chi connectivity index (χ0) is 20.4. The Morgan fingerprint density at radius 2 is 1.86 bits per heavy atom. The van der Waals surface area contributed by atoms with Gasteiger partial charge in [-0.1, -0.05) is 18.2 Å². The zero-order valence-corrected chi connectivity index (χ0v) is 16.9. The van der Waals surface area contributed by atoms with Gasteiger partial charge in [0.1, 0.15) is 0 Å². The van der Waals surface area contributed by atoms with Gasteiger partial charge < -0.3 is 19.2 Å². The summed E-state index contributed by atoms with van der Waals surface area (Å²) in [5.74, 6) is 0.795. The Bertz CT molecular complexity index is 1040. The number of H-pyrrole nitrogens is 1. The molecule has 3 heterocycles. The number of nitrogens with zero attached hydrogens (tertiary/aromatic N) is 3. The van der Waals surface area contributed by atoms with Crippen molar-refractivity contribution < 1.29 is 14.0 Å². The minimum absolute atomic E-state index is 0.135. The van der Waals surface area contributed by atoms with Crippen molar-refractivity contribution in [2.45, 2.75) is 33.1 Å². The van der Waals surface area contributed by atoms with Crippen LogP contribution in [-0.4, -0.2) is 57.8 Å². The topological polar surface area (TPSA) is 82.4 Å². The fourth-order valence-corrected chi connectivity index (χ4v) is 3.98. The molecule has 1 aromatic carbocycles. The Labute approximate surface area is 169 Å². The normalized spacial score (nSPS) is 15.0. The molecule has 7 nitrogen and oxygen atoms in total. The van der Waals surface area contributed by atoms with E-state index in [4.69, 9.17) is 4.42 Å². The summed E-state index contributed by atoms with van der Waals surface area (Å²) in [4.78, 5) is 36.6. The van der Waals surface area contributed by atoms with Crippen LogP contribution in [0.1, 0.15) is 40.5 Å². The predicted molar refractivity (Wildman–Crippen MR) is 110 cm³/mol. The lowest BCUT2D eigenvalue weighted by molar-refractivity contribution is -0.131. The molecule has 2 aromatic heterocycles. The summed E-state index contributed by atoms with van der Waals surface area (Å²) in [7, 11) is 0. The Morgan fingerprint density at radius 3 is 2.66 bits per heavy atom. The van der Waals surface area contributed by atoms with Crippen molar-refractivity contribution in [1.82, 2.24) is 19.8 Å². The number of oxazole rings is 1. The van der Waals surface area contributed by atoms with Crippen molar-refractivity contribution in [1.29, 1.82) is 0 Å². The van der Waals surface area contributed by atoms with Crippen LogP contribution in [0, 0.1) is 13.8 Å². The molecule has 1 aliphatic heterocycles. The number of aromatic nitrogens is 2. The number of aromatic amines is 1. The second-order valence-electron chi connectivity index (χ2n) is 7.53. The summed E-state index contributed by atoms with van der Waals surface area (Å²) in [6, 6.07) is 8.13. The average Bonchev–Trinajstić information content (AvgIpc) is 3.17. The summed E-state index contributed by atoms with van der Waals surface area (Å²) in [6.07, 6.45) is 3.92. The third kappa shape index (κ3) is 4.04. The van der Waals surface area contributed by atoms with Crippen LogP contribution >= 0.6 is 0 Å². The van der Waals surface area contributed by atoms with E-state index >= 15 is 0 Å². The number of benzene rings is 1. The van der Waals surface area contributed by atoms with Gasteiger partial charge in [0.2, 0.25) is 11.7 Å². The first-order chi connectivity index (χ1) is 14.0. The fourth-order valence-electron chi connectivity index (χ4n) is 3.98. The molecule has 4 rings (SSSR count). The standard InChI is InChI=1S/C22H26N4O3/c1-15-21(29-16(2)24-15)22(28)26-11-5-10-25(12-13-26)20(27)9-8-17-14-23-19-7-4-3-6-18(17)19/h3-4,6-7,14,23H,5,8-13H2,1-2H3. The minimum Gasteiger partial charge on any atom is -0.436 e. The van der Waals surface area contributed by atoms with E-state index in [0.717, 1.165) is 17.5 Å². The first-order valence-electron chi connectivity index (χ1n) is 10.1. The molecule has 7 heteroatoms. The molecule has 29 heavy (non-hydrogen) atoms. The SMILES string of the molecule is Cc1nc(C)c(C(=O)N2CCCN(C(=O)CCc3c[nH]c4ccccc34)CC2)o1. The van der Waals surface area contributed by atoms with E-state index in [-0.39, 0.29) is 11.8 Å². The van der Waals surface area contributed by atoms with E-state index in [0.29, 0.717) is 56.4 Å². The average molecular weight is 394 g/mol. The van der Waals surface area contributed by atoms with Crippen molar-refractivity contribution in [2.75, 3.05) is 26.2 Å². The van der Waals surface area contributed by atoms with Crippen LogP contribution in [0.4, 0.5) is 0 Å². The maximum absolute atomic E-state index is 12.8. The van der Waals surface area contributed by atoms with E-state index in [1.54, 1.807) is 18.7 Å². The van der Waals surface area contributed by atoms with Crippen LogP contribution in [0.5, 0.6) is 0 Å². The third-order valence-corrected chi connectivity index (χ3v) is 5.52. The molecular weight excluding hydrogens is 368 g/mol. The molecule has 1 N–H and O–H groups in total. The number of carbonyl (C=O) groups excluding carboxylic acids is 2. The maximum atomic E-state index is 12.8. The number of aryl methyl sites for hydroxylation is 3. The largest absolute Gasteiger partial charge is 0.436 e. The van der Waals surface area contributed by atoms with Crippen LogP contribution in [-0.2, 0) is 11.2 Å². The second-order valence-corrected chi connectivity index (χ2v) is 7.53. The van der Waals surface area contributed by atoms with E-state index in [1.165, 1.54) is 5.39 Å². The molecule has 0 bridgehead atoms. The van der Waals surface area contributed by atoms with Gasteiger partial charge in [-0.05, 0) is 31.4 Å². The molecule has 0 atom stereocenters. The Balaban J connectivity index is 1.35. The number of hydrogen-bond acceptors (Lipinski definition) is 4. The molecule has 0 saturated carbocycles. The molecule has 0 radical (unpaired) electrons. The van der Waals surface area contributed by atoms with Crippen molar-refractivity contribution >= 4 is 22.7 Å². The number of rotatable bonds is 4. The van der Waals surface area contributed by atoms with Gasteiger partial charge in [0, 0.05) is 56.6 Å². The second kappa shape index (κ2) is 8.11. The predicted octanol–water partition coefficient (Wildman–Crippen LogP) is 3.08. The van der Waals surface area contributed by atoms with E-state index in [2.05, 4.69) is 16.0 Å². The summed E-state index contributed by atoms with van der Waals surface area (Å²) in [5.41, 5.74) is 2.87. The molecule has 152 valence electrons. The molecule has 1 saturated heterocycles. The van der Waals surface area contributed by atoms with Crippen LogP contribution in [0.25, 0.3) is 10.9 Å². The quantitative estimate of drug-likeness (QED) is 0.737. The zero-order valence-electron chi connectivity index (χ0n) is 16.9. The van der Waals surface area contributed by atoms with Gasteiger partial charge >= 0.3 is 0 Å². The number of para-hydroxylation sites is 1. The van der Waals surface area contributed by atoms with Crippen molar-refractivity contribution in [3.63, 3.8) is 0 Å². The Hall–Kier alpha value is -3.09. The molecule has 2 amide bonds. The smallest absolute Gasteiger partial charge is 0.291 e. The molecule has 3 aromatic rings. The van der Waals surface area contributed by atoms with E-state index < -0.39 is 0 Å². The number of amides is 2. The Kier molecular flexibility index (Phi) is 5.38. The van der Waals surface area contributed by atoms with Crippen molar-refractivity contribution in [3.8, 4) is 0 Å². The van der Waals surface area contributed by atoms with Crippen molar-refractivity contribution in [3.05, 3.63) is 53.4 Å². The van der Waals surface area contributed by atoms with Gasteiger partial charge in [-0.3, -0.25) is 9.59 Å². The van der Waals surface area contributed by atoms with Gasteiger partial charge in [-0.25, -0.2) is 4.98 Å². The lowest BCUT2D eigenvalue weighted by Crippen LogP contribution is -2.37. The lowest BCUT2D eigenvalue weighted by Gasteiger charge is -2.21. The molecule has 0 spiro atoms. The summed E-state index contributed by atoms with van der Waals surface area (Å²) >= 11 is 0. The van der Waals surface area contributed by atoms with Crippen LogP contribution in [0.3, 0.4) is 0 Å². The van der Waals surface area contributed by atoms with E-state index in [1.807, 2.05) is 29.3 Å². The summed E-state index contributed by atoms with van der Waals surface area (Å²) < 4.78 is 5.47. The molecular formula is C22H26N4O3. The van der Waals surface area contributed by atoms with E-state index in [9.17, 15) is 9.59 Å². The highest BCUT2D eigenvalue weighted by atomic mass is 16.4. The molecule has 1 fully saturated rings. The molecule has 0 aliphatic carbocycles. The highest BCUT2D eigenvalue weighted by Crippen LogP contribution is 2.20. The third-order valence-electron chi connectivity index (χ3n) is 5.52.